The molecule has 4 nitrogen and oxygen atoms in total. The third kappa shape index (κ3) is 5.09. The van der Waals surface area contributed by atoms with Gasteiger partial charge in [-0.15, -0.1) is 0 Å². The molecular formula is C22H40N2O2. The van der Waals surface area contributed by atoms with Crippen LogP contribution in [0.3, 0.4) is 0 Å². The Kier molecular flexibility index (Phi) is 6.27. The Morgan fingerprint density at radius 3 is 1.85 bits per heavy atom. The standard InChI is InChI=1S/C22H40N2O2/c1-20(2,3)19(26)22(7)10-14-23(15-11-22)18(25)16-17-8-12-24(13-9-17)21(4,5)6/h17H,8-16H2,1-7H3. The van der Waals surface area contributed by atoms with Crippen LogP contribution in [0.5, 0.6) is 0 Å². The van der Waals surface area contributed by atoms with Crippen LogP contribution in [-0.2, 0) is 9.59 Å². The van der Waals surface area contributed by atoms with E-state index >= 15 is 0 Å². The summed E-state index contributed by atoms with van der Waals surface area (Å²) in [4.78, 5) is 30.0. The summed E-state index contributed by atoms with van der Waals surface area (Å²) in [6, 6.07) is 0. The Morgan fingerprint density at radius 1 is 0.923 bits per heavy atom. The largest absolute Gasteiger partial charge is 0.343 e. The van der Waals surface area contributed by atoms with Crippen molar-refractivity contribution in [3.63, 3.8) is 0 Å². The highest BCUT2D eigenvalue weighted by Crippen LogP contribution is 2.38. The summed E-state index contributed by atoms with van der Waals surface area (Å²) in [6.07, 6.45) is 4.53. The van der Waals surface area contributed by atoms with E-state index in [1.54, 1.807) is 0 Å². The molecule has 0 spiro atoms. The van der Waals surface area contributed by atoms with Crippen LogP contribution in [0.2, 0.25) is 0 Å². The molecule has 26 heavy (non-hydrogen) atoms. The number of hydrogen-bond donors (Lipinski definition) is 0. The Morgan fingerprint density at radius 2 is 1.42 bits per heavy atom. The summed E-state index contributed by atoms with van der Waals surface area (Å²) < 4.78 is 0. The topological polar surface area (TPSA) is 40.6 Å². The van der Waals surface area contributed by atoms with Crippen molar-refractivity contribution in [2.24, 2.45) is 16.7 Å². The predicted molar refractivity (Wildman–Crippen MR) is 107 cm³/mol. The number of nitrogens with zero attached hydrogens (tertiary/aromatic N) is 2. The molecule has 0 aliphatic carbocycles. The van der Waals surface area contributed by atoms with E-state index in [4.69, 9.17) is 0 Å². The number of hydrogen-bond acceptors (Lipinski definition) is 3. The molecule has 0 radical (unpaired) electrons. The summed E-state index contributed by atoms with van der Waals surface area (Å²) in [6.45, 7) is 18.6. The fraction of sp³-hybridized carbons (Fsp3) is 0.909. The zero-order valence-corrected chi connectivity index (χ0v) is 18.2. The monoisotopic (exact) mass is 364 g/mol. The zero-order chi connectivity index (χ0) is 19.8. The molecule has 0 unspecified atom stereocenters. The van der Waals surface area contributed by atoms with Gasteiger partial charge in [-0.05, 0) is 65.5 Å². The van der Waals surface area contributed by atoms with Crippen LogP contribution in [0.15, 0.2) is 0 Å². The highest BCUT2D eigenvalue weighted by Gasteiger charge is 2.42. The van der Waals surface area contributed by atoms with E-state index in [1.807, 2.05) is 25.7 Å². The molecule has 0 aromatic carbocycles. The van der Waals surface area contributed by atoms with Crippen molar-refractivity contribution in [2.45, 2.75) is 86.1 Å². The first-order valence-corrected chi connectivity index (χ1v) is 10.4. The summed E-state index contributed by atoms with van der Waals surface area (Å²) in [5.74, 6) is 1.15. The molecule has 0 atom stereocenters. The third-order valence-electron chi connectivity index (χ3n) is 6.48. The van der Waals surface area contributed by atoms with Crippen molar-refractivity contribution in [2.75, 3.05) is 26.2 Å². The molecule has 0 aromatic rings. The van der Waals surface area contributed by atoms with Crippen LogP contribution in [0, 0.1) is 16.7 Å². The molecule has 2 aliphatic heterocycles. The van der Waals surface area contributed by atoms with E-state index in [1.165, 1.54) is 0 Å². The van der Waals surface area contributed by atoms with Gasteiger partial charge >= 0.3 is 0 Å². The molecule has 4 heteroatoms. The number of likely N-dealkylation sites (tertiary alicyclic amines) is 2. The normalized spacial score (nSPS) is 23.1. The van der Waals surface area contributed by atoms with E-state index in [2.05, 4.69) is 32.6 Å². The van der Waals surface area contributed by atoms with Crippen LogP contribution < -0.4 is 0 Å². The lowest BCUT2D eigenvalue weighted by atomic mass is 9.68. The van der Waals surface area contributed by atoms with Gasteiger partial charge in [0.15, 0.2) is 0 Å². The average Bonchev–Trinajstić information content (AvgIpc) is 2.53. The minimum Gasteiger partial charge on any atom is -0.343 e. The lowest BCUT2D eigenvalue weighted by molar-refractivity contribution is -0.143. The van der Waals surface area contributed by atoms with E-state index in [-0.39, 0.29) is 16.4 Å². The van der Waals surface area contributed by atoms with Gasteiger partial charge in [-0.25, -0.2) is 0 Å². The van der Waals surface area contributed by atoms with Crippen molar-refractivity contribution >= 4 is 11.7 Å². The van der Waals surface area contributed by atoms with E-state index in [0.717, 1.165) is 51.9 Å². The lowest BCUT2D eigenvalue weighted by Crippen LogP contribution is -2.49. The SMILES string of the molecule is CC(C)(C)C(=O)C1(C)CCN(C(=O)CC2CCN(C(C)(C)C)CC2)CC1. The molecule has 0 aromatic heterocycles. The molecule has 2 heterocycles. The Bertz CT molecular complexity index is 511. The maximum atomic E-state index is 12.7. The van der Waals surface area contributed by atoms with Crippen molar-refractivity contribution in [1.29, 1.82) is 0 Å². The van der Waals surface area contributed by atoms with Crippen LogP contribution in [0.25, 0.3) is 0 Å². The Labute approximate surface area is 160 Å². The van der Waals surface area contributed by atoms with E-state index < -0.39 is 0 Å². The molecule has 0 saturated carbocycles. The first-order chi connectivity index (χ1) is 11.8. The van der Waals surface area contributed by atoms with Crippen molar-refractivity contribution in [3.05, 3.63) is 0 Å². The molecule has 1 amide bonds. The second kappa shape index (κ2) is 7.61. The van der Waals surface area contributed by atoms with Gasteiger partial charge in [-0.3, -0.25) is 14.5 Å². The molecule has 2 saturated heterocycles. The molecule has 2 rings (SSSR count). The lowest BCUT2D eigenvalue weighted by Gasteiger charge is -2.43. The maximum Gasteiger partial charge on any atom is 0.222 e. The van der Waals surface area contributed by atoms with Gasteiger partial charge in [0.1, 0.15) is 5.78 Å². The molecule has 2 fully saturated rings. The number of carbonyl (C=O) groups excluding carboxylic acids is 2. The van der Waals surface area contributed by atoms with E-state index in [0.29, 0.717) is 24.0 Å². The minimum absolute atomic E-state index is 0.228. The summed E-state index contributed by atoms with van der Waals surface area (Å²) >= 11 is 0. The Balaban J connectivity index is 1.82. The van der Waals surface area contributed by atoms with Crippen LogP contribution in [0.4, 0.5) is 0 Å². The fourth-order valence-corrected chi connectivity index (χ4v) is 4.57. The van der Waals surface area contributed by atoms with Crippen molar-refractivity contribution in [1.82, 2.24) is 9.80 Å². The highest BCUT2D eigenvalue weighted by molar-refractivity contribution is 5.89. The number of amides is 1. The van der Waals surface area contributed by atoms with Gasteiger partial charge in [0, 0.05) is 35.9 Å². The average molecular weight is 365 g/mol. The molecular weight excluding hydrogens is 324 g/mol. The van der Waals surface area contributed by atoms with Gasteiger partial charge in [0.25, 0.3) is 0 Å². The van der Waals surface area contributed by atoms with Gasteiger partial charge in [-0.2, -0.15) is 0 Å². The minimum atomic E-state index is -0.304. The quantitative estimate of drug-likeness (QED) is 0.756. The summed E-state index contributed by atoms with van der Waals surface area (Å²) in [5.41, 5.74) is -0.346. The summed E-state index contributed by atoms with van der Waals surface area (Å²) in [5, 5.41) is 0. The predicted octanol–water partition coefficient (Wildman–Crippen LogP) is 4.13. The van der Waals surface area contributed by atoms with Crippen molar-refractivity contribution in [3.8, 4) is 0 Å². The van der Waals surface area contributed by atoms with Crippen LogP contribution in [0.1, 0.15) is 80.6 Å². The smallest absolute Gasteiger partial charge is 0.222 e. The van der Waals surface area contributed by atoms with Crippen LogP contribution >= 0.6 is 0 Å². The number of Topliss-reactive ketones (excluding diaryl/α,β-unsaturated/α-hetero) is 1. The molecule has 0 bridgehead atoms. The second-order valence-electron chi connectivity index (χ2n) is 10.8. The maximum absolute atomic E-state index is 12.7. The highest BCUT2D eigenvalue weighted by atomic mass is 16.2. The van der Waals surface area contributed by atoms with E-state index in [9.17, 15) is 9.59 Å². The molecule has 0 N–H and O–H groups in total. The van der Waals surface area contributed by atoms with Gasteiger partial charge in [-0.1, -0.05) is 27.7 Å². The third-order valence-corrected chi connectivity index (χ3v) is 6.48. The first-order valence-electron chi connectivity index (χ1n) is 10.4. The van der Waals surface area contributed by atoms with Crippen molar-refractivity contribution < 1.29 is 9.59 Å². The van der Waals surface area contributed by atoms with Gasteiger partial charge < -0.3 is 4.90 Å². The second-order valence-corrected chi connectivity index (χ2v) is 10.8. The Hall–Kier alpha value is -0.900. The summed E-state index contributed by atoms with van der Waals surface area (Å²) in [7, 11) is 0. The van der Waals surface area contributed by atoms with Gasteiger partial charge in [0.2, 0.25) is 5.91 Å². The fourth-order valence-electron chi connectivity index (χ4n) is 4.57. The number of rotatable bonds is 3. The number of carbonyl (C=O) groups is 2. The first kappa shape index (κ1) is 21.4. The molecule has 2 aliphatic rings. The molecule has 150 valence electrons. The van der Waals surface area contributed by atoms with Gasteiger partial charge in [0.05, 0.1) is 0 Å². The zero-order valence-electron chi connectivity index (χ0n) is 18.2. The number of ketones is 1. The van der Waals surface area contributed by atoms with Crippen LogP contribution in [-0.4, -0.2) is 53.2 Å². The number of piperidine rings is 2.